The second-order valence-corrected chi connectivity index (χ2v) is 6.71. The Kier molecular flexibility index (Phi) is 6.30. The van der Waals surface area contributed by atoms with Crippen LogP contribution in [0.15, 0.2) is 11.1 Å². The molecule has 0 nitrogen and oxygen atoms in total. The van der Waals surface area contributed by atoms with Crippen molar-refractivity contribution in [1.29, 1.82) is 0 Å². The first-order valence-electron chi connectivity index (χ1n) is 7.72. The van der Waals surface area contributed by atoms with E-state index in [0.29, 0.717) is 5.41 Å². The number of allylic oxidation sites excluding steroid dienone is 2. The van der Waals surface area contributed by atoms with Crippen molar-refractivity contribution in [2.24, 2.45) is 5.41 Å². The van der Waals surface area contributed by atoms with Crippen molar-refractivity contribution >= 4 is 0 Å². The summed E-state index contributed by atoms with van der Waals surface area (Å²) in [4.78, 5) is 0. The largest absolute Gasteiger partial charge is 0.0741 e. The van der Waals surface area contributed by atoms with Gasteiger partial charge in [0.15, 0.2) is 0 Å². The molecule has 0 heterocycles. The van der Waals surface area contributed by atoms with E-state index in [4.69, 9.17) is 0 Å². The van der Waals surface area contributed by atoms with Gasteiger partial charge in [-0.2, -0.15) is 0 Å². The maximum Gasteiger partial charge on any atom is -0.0313 e. The number of hydrogen-bond acceptors (Lipinski definition) is 0. The highest BCUT2D eigenvalue weighted by atomic mass is 14.2. The SMILES string of the molecule is CCCC(C)(C)CCC1=C(C)CCCCCC1. The molecule has 0 amide bonds. The van der Waals surface area contributed by atoms with Gasteiger partial charge in [-0.25, -0.2) is 0 Å². The molecule has 1 aliphatic carbocycles. The van der Waals surface area contributed by atoms with Crippen LogP contribution in [-0.4, -0.2) is 0 Å². The maximum absolute atomic E-state index is 2.44. The summed E-state index contributed by atoms with van der Waals surface area (Å²) >= 11 is 0. The molecule has 0 saturated heterocycles. The van der Waals surface area contributed by atoms with Crippen molar-refractivity contribution in [2.75, 3.05) is 0 Å². The van der Waals surface area contributed by atoms with E-state index in [1.54, 1.807) is 11.1 Å². The van der Waals surface area contributed by atoms with Gasteiger partial charge in [-0.15, -0.1) is 0 Å². The zero-order chi connectivity index (χ0) is 12.7. The van der Waals surface area contributed by atoms with E-state index in [0.717, 1.165) is 0 Å². The Morgan fingerprint density at radius 1 is 0.941 bits per heavy atom. The minimum absolute atomic E-state index is 0.546. The summed E-state index contributed by atoms with van der Waals surface area (Å²) in [6.45, 7) is 9.57. The summed E-state index contributed by atoms with van der Waals surface area (Å²) in [6, 6.07) is 0. The molecule has 1 aliphatic rings. The summed E-state index contributed by atoms with van der Waals surface area (Å²) in [5, 5.41) is 0. The van der Waals surface area contributed by atoms with Crippen LogP contribution in [0.3, 0.4) is 0 Å². The molecule has 0 aliphatic heterocycles. The van der Waals surface area contributed by atoms with Gasteiger partial charge in [0.1, 0.15) is 0 Å². The molecule has 0 fully saturated rings. The lowest BCUT2D eigenvalue weighted by atomic mass is 9.80. The fraction of sp³-hybridized carbons (Fsp3) is 0.882. The summed E-state index contributed by atoms with van der Waals surface area (Å²) in [6.07, 6.45) is 13.9. The summed E-state index contributed by atoms with van der Waals surface area (Å²) in [7, 11) is 0. The highest BCUT2D eigenvalue weighted by molar-refractivity contribution is 5.13. The van der Waals surface area contributed by atoms with Crippen molar-refractivity contribution in [3.63, 3.8) is 0 Å². The van der Waals surface area contributed by atoms with Crippen LogP contribution >= 0.6 is 0 Å². The summed E-state index contributed by atoms with van der Waals surface area (Å²) in [5.41, 5.74) is 4.07. The van der Waals surface area contributed by atoms with Gasteiger partial charge in [-0.3, -0.25) is 0 Å². The van der Waals surface area contributed by atoms with Gasteiger partial charge in [0, 0.05) is 0 Å². The lowest BCUT2D eigenvalue weighted by Crippen LogP contribution is -2.11. The maximum atomic E-state index is 2.44. The van der Waals surface area contributed by atoms with Crippen LogP contribution in [-0.2, 0) is 0 Å². The third kappa shape index (κ3) is 5.75. The third-order valence-electron chi connectivity index (χ3n) is 4.41. The Morgan fingerprint density at radius 3 is 2.24 bits per heavy atom. The van der Waals surface area contributed by atoms with Crippen molar-refractivity contribution in [2.45, 2.75) is 91.9 Å². The van der Waals surface area contributed by atoms with Gasteiger partial charge >= 0.3 is 0 Å². The van der Waals surface area contributed by atoms with E-state index < -0.39 is 0 Å². The average molecular weight is 236 g/mol. The molecule has 0 N–H and O–H groups in total. The molecular weight excluding hydrogens is 204 g/mol. The van der Waals surface area contributed by atoms with E-state index in [9.17, 15) is 0 Å². The molecule has 0 unspecified atom stereocenters. The molecule has 0 atom stereocenters. The summed E-state index contributed by atoms with van der Waals surface area (Å²) in [5.74, 6) is 0. The van der Waals surface area contributed by atoms with Crippen LogP contribution in [0.4, 0.5) is 0 Å². The fourth-order valence-electron chi connectivity index (χ4n) is 3.10. The zero-order valence-electron chi connectivity index (χ0n) is 12.6. The second kappa shape index (κ2) is 7.24. The van der Waals surface area contributed by atoms with Crippen molar-refractivity contribution in [3.8, 4) is 0 Å². The molecule has 17 heavy (non-hydrogen) atoms. The van der Waals surface area contributed by atoms with Crippen LogP contribution < -0.4 is 0 Å². The van der Waals surface area contributed by atoms with Crippen LogP contribution in [0.1, 0.15) is 91.9 Å². The smallest absolute Gasteiger partial charge is 0.0313 e. The minimum Gasteiger partial charge on any atom is -0.0741 e. The molecule has 0 aromatic carbocycles. The quantitative estimate of drug-likeness (QED) is 0.494. The van der Waals surface area contributed by atoms with Gasteiger partial charge in [-0.1, -0.05) is 51.2 Å². The number of hydrogen-bond donors (Lipinski definition) is 0. The zero-order valence-corrected chi connectivity index (χ0v) is 12.6. The minimum atomic E-state index is 0.546. The first-order valence-corrected chi connectivity index (χ1v) is 7.72. The average Bonchev–Trinajstić information content (AvgIpc) is 2.23. The Bertz CT molecular complexity index is 245. The van der Waals surface area contributed by atoms with E-state index in [1.165, 1.54) is 64.2 Å². The molecule has 0 radical (unpaired) electrons. The molecule has 0 aromatic heterocycles. The molecular formula is C17H32. The van der Waals surface area contributed by atoms with Crippen molar-refractivity contribution in [3.05, 3.63) is 11.1 Å². The van der Waals surface area contributed by atoms with Gasteiger partial charge < -0.3 is 0 Å². The predicted octanol–water partition coefficient (Wildman–Crippen LogP) is 6.26. The van der Waals surface area contributed by atoms with Gasteiger partial charge in [0.25, 0.3) is 0 Å². The first kappa shape index (κ1) is 14.8. The number of rotatable bonds is 5. The van der Waals surface area contributed by atoms with Crippen LogP contribution in [0, 0.1) is 5.41 Å². The lowest BCUT2D eigenvalue weighted by molar-refractivity contribution is 0.302. The van der Waals surface area contributed by atoms with E-state index in [1.807, 2.05) is 0 Å². The first-order chi connectivity index (χ1) is 8.05. The standard InChI is InChI=1S/C17H32/c1-5-13-17(3,4)14-12-16-11-9-7-6-8-10-15(16)2/h5-14H2,1-4H3. The summed E-state index contributed by atoms with van der Waals surface area (Å²) < 4.78 is 0. The van der Waals surface area contributed by atoms with Crippen LogP contribution in [0.25, 0.3) is 0 Å². The molecule has 0 heteroatoms. The molecule has 1 rings (SSSR count). The topological polar surface area (TPSA) is 0 Å². The van der Waals surface area contributed by atoms with E-state index >= 15 is 0 Å². The fourth-order valence-corrected chi connectivity index (χ4v) is 3.10. The normalized spacial score (nSPS) is 19.1. The molecule has 0 saturated carbocycles. The molecule has 0 aromatic rings. The Hall–Kier alpha value is -0.260. The molecule has 0 spiro atoms. The Morgan fingerprint density at radius 2 is 1.59 bits per heavy atom. The second-order valence-electron chi connectivity index (χ2n) is 6.71. The van der Waals surface area contributed by atoms with Gasteiger partial charge in [0.05, 0.1) is 0 Å². The van der Waals surface area contributed by atoms with Crippen LogP contribution in [0.5, 0.6) is 0 Å². The third-order valence-corrected chi connectivity index (χ3v) is 4.41. The monoisotopic (exact) mass is 236 g/mol. The Balaban J connectivity index is 2.50. The highest BCUT2D eigenvalue weighted by Crippen LogP contribution is 2.33. The highest BCUT2D eigenvalue weighted by Gasteiger charge is 2.17. The predicted molar refractivity (Wildman–Crippen MR) is 78.3 cm³/mol. The Labute approximate surface area is 109 Å². The van der Waals surface area contributed by atoms with Gasteiger partial charge in [0.2, 0.25) is 0 Å². The van der Waals surface area contributed by atoms with E-state index in [2.05, 4.69) is 27.7 Å². The van der Waals surface area contributed by atoms with Crippen molar-refractivity contribution in [1.82, 2.24) is 0 Å². The lowest BCUT2D eigenvalue weighted by Gasteiger charge is -2.26. The van der Waals surface area contributed by atoms with Gasteiger partial charge in [-0.05, 0) is 57.3 Å². The molecule has 0 bridgehead atoms. The van der Waals surface area contributed by atoms with Crippen LogP contribution in [0.2, 0.25) is 0 Å². The molecule has 100 valence electrons. The van der Waals surface area contributed by atoms with Crippen molar-refractivity contribution < 1.29 is 0 Å². The van der Waals surface area contributed by atoms with E-state index in [-0.39, 0.29) is 0 Å².